The van der Waals surface area contributed by atoms with Crippen molar-refractivity contribution in [3.63, 3.8) is 0 Å². The molecule has 28 heavy (non-hydrogen) atoms. The summed E-state index contributed by atoms with van der Waals surface area (Å²) in [5.74, 6) is -0.343. The third kappa shape index (κ3) is 5.60. The van der Waals surface area contributed by atoms with Gasteiger partial charge in [0.2, 0.25) is 0 Å². The van der Waals surface area contributed by atoms with Gasteiger partial charge in [0, 0.05) is 44.6 Å². The van der Waals surface area contributed by atoms with Crippen molar-refractivity contribution in [1.82, 2.24) is 5.32 Å². The lowest BCUT2D eigenvalue weighted by molar-refractivity contribution is 0.122. The van der Waals surface area contributed by atoms with E-state index in [1.807, 2.05) is 30.1 Å². The summed E-state index contributed by atoms with van der Waals surface area (Å²) in [6.45, 7) is 3.90. The van der Waals surface area contributed by atoms with E-state index in [1.165, 1.54) is 6.07 Å². The molecule has 0 unspecified atom stereocenters. The first kappa shape index (κ1) is 19.9. The van der Waals surface area contributed by atoms with E-state index in [0.29, 0.717) is 44.2 Å². The van der Waals surface area contributed by atoms with Gasteiger partial charge in [-0.1, -0.05) is 18.2 Å². The van der Waals surface area contributed by atoms with Crippen molar-refractivity contribution in [3.05, 3.63) is 54.3 Å². The summed E-state index contributed by atoms with van der Waals surface area (Å²) in [5.41, 5.74) is 2.12. The largest absolute Gasteiger partial charge is 0.378 e. The van der Waals surface area contributed by atoms with Gasteiger partial charge in [0.1, 0.15) is 5.82 Å². The molecule has 0 spiro atoms. The maximum absolute atomic E-state index is 14.4. The summed E-state index contributed by atoms with van der Waals surface area (Å²) in [5, 5.41) is 5.50. The lowest BCUT2D eigenvalue weighted by atomic mass is 10.2. The molecule has 0 aromatic heterocycles. The van der Waals surface area contributed by atoms with E-state index in [0.717, 1.165) is 18.7 Å². The molecule has 150 valence electrons. The van der Waals surface area contributed by atoms with Crippen molar-refractivity contribution in [3.8, 4) is 0 Å². The first-order valence-corrected chi connectivity index (χ1v) is 9.57. The van der Waals surface area contributed by atoms with Crippen LogP contribution in [0.2, 0.25) is 0 Å². The van der Waals surface area contributed by atoms with Gasteiger partial charge >= 0.3 is 6.03 Å². The Hall–Kier alpha value is -2.80. The van der Waals surface area contributed by atoms with Crippen LogP contribution in [0.3, 0.4) is 0 Å². The fraction of sp³-hybridized carbons (Fsp3) is 0.381. The van der Waals surface area contributed by atoms with Gasteiger partial charge in [-0.15, -0.1) is 0 Å². The van der Waals surface area contributed by atoms with E-state index < -0.39 is 0 Å². The van der Waals surface area contributed by atoms with Crippen LogP contribution in [0.4, 0.5) is 26.2 Å². The summed E-state index contributed by atoms with van der Waals surface area (Å²) in [6.07, 6.45) is 0.809. The fourth-order valence-corrected chi connectivity index (χ4v) is 3.15. The summed E-state index contributed by atoms with van der Waals surface area (Å²) < 4.78 is 19.7. The minimum atomic E-state index is -0.343. The molecule has 0 radical (unpaired) electrons. The van der Waals surface area contributed by atoms with Crippen LogP contribution in [0.25, 0.3) is 0 Å². The van der Waals surface area contributed by atoms with Crippen LogP contribution >= 0.6 is 0 Å². The molecule has 0 saturated carbocycles. The Labute approximate surface area is 165 Å². The number of para-hydroxylation sites is 1. The van der Waals surface area contributed by atoms with Crippen LogP contribution in [0.15, 0.2) is 48.5 Å². The predicted octanol–water partition coefficient (Wildman–Crippen LogP) is 3.31. The molecule has 7 heteroatoms. The molecule has 1 aliphatic heterocycles. The molecule has 0 bridgehead atoms. The third-order valence-corrected chi connectivity index (χ3v) is 4.71. The zero-order chi connectivity index (χ0) is 19.8. The van der Waals surface area contributed by atoms with E-state index in [4.69, 9.17) is 4.74 Å². The van der Waals surface area contributed by atoms with Crippen LogP contribution in [-0.4, -0.2) is 52.5 Å². The molecule has 2 N–H and O–H groups in total. The molecule has 1 heterocycles. The smallest absolute Gasteiger partial charge is 0.319 e. The van der Waals surface area contributed by atoms with Gasteiger partial charge in [-0.2, -0.15) is 0 Å². The average molecular weight is 386 g/mol. The number of nitrogens with one attached hydrogen (secondary N) is 2. The van der Waals surface area contributed by atoms with Crippen molar-refractivity contribution in [2.45, 2.75) is 6.42 Å². The Morgan fingerprint density at radius 2 is 1.93 bits per heavy atom. The van der Waals surface area contributed by atoms with Gasteiger partial charge in [0.25, 0.3) is 0 Å². The van der Waals surface area contributed by atoms with Crippen molar-refractivity contribution in [1.29, 1.82) is 0 Å². The summed E-state index contributed by atoms with van der Waals surface area (Å²) in [4.78, 5) is 16.1. The number of carbonyl (C=O) groups is 1. The Bertz CT molecular complexity index is 766. The Balaban J connectivity index is 1.41. The number of morpholine rings is 1. The van der Waals surface area contributed by atoms with Gasteiger partial charge in [0.15, 0.2) is 0 Å². The number of amides is 2. The molecule has 2 aromatic rings. The van der Waals surface area contributed by atoms with Gasteiger partial charge in [-0.05, 0) is 36.8 Å². The standard InChI is InChI=1S/C21H27FN4O2/c1-25(18-6-3-2-4-7-18)11-5-10-23-21(27)24-17-8-9-20(19(22)16-17)26-12-14-28-15-13-26/h2-4,6-9,16H,5,10-15H2,1H3,(H2,23,24,27). The number of anilines is 3. The molecule has 6 nitrogen and oxygen atoms in total. The zero-order valence-corrected chi connectivity index (χ0v) is 16.2. The highest BCUT2D eigenvalue weighted by atomic mass is 19.1. The topological polar surface area (TPSA) is 56.8 Å². The van der Waals surface area contributed by atoms with Crippen LogP contribution < -0.4 is 20.4 Å². The SMILES string of the molecule is CN(CCCNC(=O)Nc1ccc(N2CCOCC2)c(F)c1)c1ccccc1. The molecule has 2 aromatic carbocycles. The predicted molar refractivity (Wildman–Crippen MR) is 111 cm³/mol. The molecule has 0 atom stereocenters. The van der Waals surface area contributed by atoms with E-state index >= 15 is 0 Å². The maximum atomic E-state index is 14.4. The Kier molecular flexibility index (Phi) is 7.08. The van der Waals surface area contributed by atoms with Gasteiger partial charge < -0.3 is 25.2 Å². The lowest BCUT2D eigenvalue weighted by Gasteiger charge is -2.29. The summed E-state index contributed by atoms with van der Waals surface area (Å²) in [7, 11) is 2.02. The number of halogens is 1. The van der Waals surface area contributed by atoms with Crippen LogP contribution in [-0.2, 0) is 4.74 Å². The molecule has 2 amide bonds. The van der Waals surface area contributed by atoms with Crippen LogP contribution in [0.1, 0.15) is 6.42 Å². The summed E-state index contributed by atoms with van der Waals surface area (Å²) in [6, 6.07) is 14.5. The van der Waals surface area contributed by atoms with Crippen LogP contribution in [0.5, 0.6) is 0 Å². The highest BCUT2D eigenvalue weighted by molar-refractivity contribution is 5.89. The molecule has 1 saturated heterocycles. The zero-order valence-electron chi connectivity index (χ0n) is 16.2. The number of urea groups is 1. The number of nitrogens with zero attached hydrogens (tertiary/aromatic N) is 2. The van der Waals surface area contributed by atoms with E-state index in [9.17, 15) is 9.18 Å². The number of carbonyl (C=O) groups excluding carboxylic acids is 1. The van der Waals surface area contributed by atoms with E-state index in [1.54, 1.807) is 12.1 Å². The number of hydrogen-bond donors (Lipinski definition) is 2. The molecule has 1 aliphatic rings. The average Bonchev–Trinajstić information content (AvgIpc) is 2.72. The highest BCUT2D eigenvalue weighted by Crippen LogP contribution is 2.23. The van der Waals surface area contributed by atoms with Gasteiger partial charge in [-0.25, -0.2) is 9.18 Å². The minimum Gasteiger partial charge on any atom is -0.378 e. The van der Waals surface area contributed by atoms with Crippen molar-refractivity contribution in [2.75, 3.05) is 61.6 Å². The second-order valence-corrected chi connectivity index (χ2v) is 6.76. The molecule has 1 fully saturated rings. The normalized spacial score (nSPS) is 13.9. The number of ether oxygens (including phenoxy) is 1. The second kappa shape index (κ2) is 9.94. The minimum absolute atomic E-state index is 0.333. The Morgan fingerprint density at radius 1 is 1.18 bits per heavy atom. The quantitative estimate of drug-likeness (QED) is 0.717. The van der Waals surface area contributed by atoms with Crippen molar-refractivity contribution in [2.24, 2.45) is 0 Å². The number of benzene rings is 2. The molecule has 0 aliphatic carbocycles. The lowest BCUT2D eigenvalue weighted by Crippen LogP contribution is -2.36. The second-order valence-electron chi connectivity index (χ2n) is 6.76. The third-order valence-electron chi connectivity index (χ3n) is 4.71. The maximum Gasteiger partial charge on any atom is 0.319 e. The molecular weight excluding hydrogens is 359 g/mol. The first-order chi connectivity index (χ1) is 13.6. The molecule has 3 rings (SSSR count). The highest BCUT2D eigenvalue weighted by Gasteiger charge is 2.15. The van der Waals surface area contributed by atoms with E-state index in [-0.39, 0.29) is 11.8 Å². The summed E-state index contributed by atoms with van der Waals surface area (Å²) >= 11 is 0. The number of rotatable bonds is 7. The first-order valence-electron chi connectivity index (χ1n) is 9.57. The van der Waals surface area contributed by atoms with Gasteiger partial charge in [-0.3, -0.25) is 0 Å². The Morgan fingerprint density at radius 3 is 2.64 bits per heavy atom. The number of hydrogen-bond acceptors (Lipinski definition) is 4. The monoisotopic (exact) mass is 386 g/mol. The fourth-order valence-electron chi connectivity index (χ4n) is 3.15. The van der Waals surface area contributed by atoms with Gasteiger partial charge in [0.05, 0.1) is 18.9 Å². The van der Waals surface area contributed by atoms with Crippen molar-refractivity contribution >= 4 is 23.1 Å². The van der Waals surface area contributed by atoms with E-state index in [2.05, 4.69) is 27.7 Å². The van der Waals surface area contributed by atoms with Crippen LogP contribution in [0, 0.1) is 5.82 Å². The van der Waals surface area contributed by atoms with Crippen molar-refractivity contribution < 1.29 is 13.9 Å². The molecular formula is C21H27FN4O2.